The predicted molar refractivity (Wildman–Crippen MR) is 120 cm³/mol. The minimum absolute atomic E-state index is 0.0347. The minimum Gasteiger partial charge on any atom is -0.497 e. The number of anilines is 1. The number of piperazine rings is 1. The van der Waals surface area contributed by atoms with Gasteiger partial charge in [-0.1, -0.05) is 19.1 Å². The Morgan fingerprint density at radius 3 is 2.48 bits per heavy atom. The summed E-state index contributed by atoms with van der Waals surface area (Å²) in [6.07, 6.45) is 2.59. The summed E-state index contributed by atoms with van der Waals surface area (Å²) < 4.78 is 5.16. The molecule has 3 amide bonds. The van der Waals surface area contributed by atoms with Crippen LogP contribution in [-0.4, -0.2) is 61.2 Å². The Morgan fingerprint density at radius 2 is 1.84 bits per heavy atom. The van der Waals surface area contributed by atoms with Crippen LogP contribution < -0.4 is 20.3 Å². The number of aromatic nitrogens is 1. The van der Waals surface area contributed by atoms with Crippen molar-refractivity contribution in [3.05, 3.63) is 53.7 Å². The van der Waals surface area contributed by atoms with Crippen LogP contribution in [0.25, 0.3) is 0 Å². The molecule has 0 spiro atoms. The highest BCUT2D eigenvalue weighted by Crippen LogP contribution is 2.19. The maximum absolute atomic E-state index is 12.9. The summed E-state index contributed by atoms with van der Waals surface area (Å²) in [5, 5.41) is 5.97. The van der Waals surface area contributed by atoms with Crippen molar-refractivity contribution in [3.63, 3.8) is 0 Å². The fourth-order valence-electron chi connectivity index (χ4n) is 3.37. The van der Waals surface area contributed by atoms with Crippen LogP contribution in [0.4, 0.5) is 10.6 Å². The van der Waals surface area contributed by atoms with Gasteiger partial charge in [0.1, 0.15) is 11.6 Å². The van der Waals surface area contributed by atoms with Crippen LogP contribution in [0.5, 0.6) is 5.75 Å². The topological polar surface area (TPSA) is 86.8 Å². The maximum Gasteiger partial charge on any atom is 0.317 e. The second-order valence-electron chi connectivity index (χ2n) is 7.64. The third-order valence-electron chi connectivity index (χ3n) is 5.49. The number of urea groups is 1. The van der Waals surface area contributed by atoms with Crippen LogP contribution in [0.1, 0.15) is 36.2 Å². The van der Waals surface area contributed by atoms with E-state index in [0.717, 1.165) is 17.7 Å². The van der Waals surface area contributed by atoms with E-state index in [1.807, 2.05) is 43.0 Å². The Kier molecular flexibility index (Phi) is 7.70. The zero-order valence-corrected chi connectivity index (χ0v) is 18.4. The third-order valence-corrected chi connectivity index (χ3v) is 5.49. The lowest BCUT2D eigenvalue weighted by molar-refractivity contribution is 0.0950. The Labute approximate surface area is 183 Å². The van der Waals surface area contributed by atoms with Crippen LogP contribution in [-0.2, 0) is 6.54 Å². The summed E-state index contributed by atoms with van der Waals surface area (Å²) in [4.78, 5) is 33.6. The first kappa shape index (κ1) is 22.4. The van der Waals surface area contributed by atoms with Crippen molar-refractivity contribution in [2.24, 2.45) is 0 Å². The van der Waals surface area contributed by atoms with Crippen LogP contribution in [0.15, 0.2) is 42.6 Å². The van der Waals surface area contributed by atoms with Gasteiger partial charge in [0.05, 0.1) is 12.7 Å². The van der Waals surface area contributed by atoms with Crippen LogP contribution in [0.2, 0.25) is 0 Å². The quantitative estimate of drug-likeness (QED) is 0.712. The molecule has 8 heteroatoms. The summed E-state index contributed by atoms with van der Waals surface area (Å²) in [6, 6.07) is 11.3. The minimum atomic E-state index is -0.170. The number of hydrogen-bond acceptors (Lipinski definition) is 5. The van der Waals surface area contributed by atoms with Crippen molar-refractivity contribution >= 4 is 17.8 Å². The largest absolute Gasteiger partial charge is 0.497 e. The molecule has 1 aromatic carbocycles. The zero-order chi connectivity index (χ0) is 22.2. The first-order chi connectivity index (χ1) is 15.0. The molecule has 0 bridgehead atoms. The van der Waals surface area contributed by atoms with Gasteiger partial charge in [0.2, 0.25) is 0 Å². The lowest BCUT2D eigenvalue weighted by Gasteiger charge is -2.36. The molecule has 166 valence electrons. The van der Waals surface area contributed by atoms with E-state index >= 15 is 0 Å². The average Bonchev–Trinajstić information content (AvgIpc) is 2.82. The number of carbonyl (C=O) groups is 2. The molecule has 1 aliphatic rings. The maximum atomic E-state index is 12.9. The molecule has 2 heterocycles. The number of nitrogens with one attached hydrogen (secondary N) is 2. The Bertz CT molecular complexity index is 879. The number of rotatable bonds is 7. The van der Waals surface area contributed by atoms with E-state index in [1.165, 1.54) is 0 Å². The van der Waals surface area contributed by atoms with Gasteiger partial charge < -0.3 is 25.2 Å². The third kappa shape index (κ3) is 5.87. The highest BCUT2D eigenvalue weighted by molar-refractivity contribution is 5.98. The molecule has 0 saturated carbocycles. The zero-order valence-electron chi connectivity index (χ0n) is 18.4. The molecule has 2 aromatic rings. The number of ether oxygens (including phenoxy) is 1. The van der Waals surface area contributed by atoms with Crippen LogP contribution in [0.3, 0.4) is 0 Å². The molecule has 2 N–H and O–H groups in total. The average molecular weight is 426 g/mol. The van der Waals surface area contributed by atoms with Gasteiger partial charge in [-0.05, 0) is 43.2 Å². The summed E-state index contributed by atoms with van der Waals surface area (Å²) in [6.45, 7) is 6.90. The highest BCUT2D eigenvalue weighted by atomic mass is 16.5. The lowest BCUT2D eigenvalue weighted by atomic mass is 10.2. The Morgan fingerprint density at radius 1 is 1.13 bits per heavy atom. The summed E-state index contributed by atoms with van der Waals surface area (Å²) >= 11 is 0. The second kappa shape index (κ2) is 10.7. The number of hydrogen-bond donors (Lipinski definition) is 2. The molecule has 8 nitrogen and oxygen atoms in total. The normalized spacial score (nSPS) is 14.7. The summed E-state index contributed by atoms with van der Waals surface area (Å²) in [5.41, 5.74) is 1.52. The predicted octanol–water partition coefficient (Wildman–Crippen LogP) is 2.65. The smallest absolute Gasteiger partial charge is 0.317 e. The molecule has 1 aliphatic heterocycles. The standard InChI is InChI=1S/C23H31N5O3/c1-4-17(2)26-23(30)28-14-12-27(13-15-28)21-20(6-5-11-24-21)22(29)25-16-18-7-9-19(31-3)10-8-18/h5-11,17H,4,12-16H2,1-3H3,(H,25,29)(H,26,30)/t17-/m0/s1. The number of nitrogens with zero attached hydrogens (tertiary/aromatic N) is 3. The molecule has 1 atom stereocenters. The first-order valence-electron chi connectivity index (χ1n) is 10.7. The molecule has 1 saturated heterocycles. The molecule has 0 aliphatic carbocycles. The molecule has 1 fully saturated rings. The van der Waals surface area contributed by atoms with E-state index in [2.05, 4.69) is 20.5 Å². The van der Waals surface area contributed by atoms with Crippen molar-refractivity contribution in [1.29, 1.82) is 0 Å². The molecule has 0 unspecified atom stereocenters. The van der Waals surface area contributed by atoms with E-state index in [9.17, 15) is 9.59 Å². The molecular weight excluding hydrogens is 394 g/mol. The van der Waals surface area contributed by atoms with Crippen molar-refractivity contribution in [1.82, 2.24) is 20.5 Å². The lowest BCUT2D eigenvalue weighted by Crippen LogP contribution is -2.53. The van der Waals surface area contributed by atoms with E-state index in [0.29, 0.717) is 44.1 Å². The highest BCUT2D eigenvalue weighted by Gasteiger charge is 2.25. The Hall–Kier alpha value is -3.29. The van der Waals surface area contributed by atoms with Gasteiger partial charge in [0.25, 0.3) is 5.91 Å². The number of pyridine rings is 1. The summed E-state index contributed by atoms with van der Waals surface area (Å²) in [7, 11) is 1.62. The van der Waals surface area contributed by atoms with Gasteiger partial charge in [-0.25, -0.2) is 9.78 Å². The van der Waals surface area contributed by atoms with Gasteiger partial charge in [-0.15, -0.1) is 0 Å². The molecular formula is C23H31N5O3. The number of carbonyl (C=O) groups excluding carboxylic acids is 2. The van der Waals surface area contributed by atoms with Gasteiger partial charge in [0, 0.05) is 45.0 Å². The molecule has 31 heavy (non-hydrogen) atoms. The van der Waals surface area contributed by atoms with Gasteiger partial charge >= 0.3 is 6.03 Å². The number of methoxy groups -OCH3 is 1. The molecule has 3 rings (SSSR count). The van der Waals surface area contributed by atoms with Gasteiger partial charge in [-0.2, -0.15) is 0 Å². The fourth-order valence-corrected chi connectivity index (χ4v) is 3.37. The Balaban J connectivity index is 1.60. The first-order valence-corrected chi connectivity index (χ1v) is 10.7. The van der Waals surface area contributed by atoms with E-state index in [-0.39, 0.29) is 18.0 Å². The van der Waals surface area contributed by atoms with Crippen LogP contribution in [0, 0.1) is 0 Å². The van der Waals surface area contributed by atoms with E-state index in [4.69, 9.17) is 4.74 Å². The fraction of sp³-hybridized carbons (Fsp3) is 0.435. The summed E-state index contributed by atoms with van der Waals surface area (Å²) in [5.74, 6) is 1.26. The second-order valence-corrected chi connectivity index (χ2v) is 7.64. The molecule has 1 aromatic heterocycles. The number of amides is 3. The van der Waals surface area contributed by atoms with Crippen LogP contribution >= 0.6 is 0 Å². The van der Waals surface area contributed by atoms with Crippen molar-refractivity contribution < 1.29 is 14.3 Å². The monoisotopic (exact) mass is 425 g/mol. The van der Waals surface area contributed by atoms with Crippen molar-refractivity contribution in [3.8, 4) is 5.75 Å². The number of benzene rings is 1. The van der Waals surface area contributed by atoms with Crippen molar-refractivity contribution in [2.45, 2.75) is 32.9 Å². The van der Waals surface area contributed by atoms with Gasteiger partial charge in [-0.3, -0.25) is 4.79 Å². The van der Waals surface area contributed by atoms with Gasteiger partial charge in [0.15, 0.2) is 0 Å². The van der Waals surface area contributed by atoms with E-state index < -0.39 is 0 Å². The molecule has 0 radical (unpaired) electrons. The van der Waals surface area contributed by atoms with E-state index in [1.54, 1.807) is 25.4 Å². The SMILES string of the molecule is CC[C@H](C)NC(=O)N1CCN(c2ncccc2C(=O)NCc2ccc(OC)cc2)CC1. The van der Waals surface area contributed by atoms with Crippen molar-refractivity contribution in [2.75, 3.05) is 38.2 Å².